The zero-order valence-electron chi connectivity index (χ0n) is 15.7. The highest BCUT2D eigenvalue weighted by Gasteiger charge is 2.27. The van der Waals surface area contributed by atoms with Crippen LogP contribution in [0, 0.1) is 5.92 Å². The third kappa shape index (κ3) is 5.31. The van der Waals surface area contributed by atoms with Crippen molar-refractivity contribution in [3.63, 3.8) is 0 Å². The van der Waals surface area contributed by atoms with Crippen LogP contribution in [0.15, 0.2) is 30.3 Å². The lowest BCUT2D eigenvalue weighted by Crippen LogP contribution is -2.47. The van der Waals surface area contributed by atoms with Crippen LogP contribution in [0.5, 0.6) is 0 Å². The molecule has 0 aromatic heterocycles. The number of amides is 2. The van der Waals surface area contributed by atoms with Gasteiger partial charge in [-0.3, -0.25) is 9.59 Å². The largest absolute Gasteiger partial charge is 0.376 e. The molecule has 0 bridgehead atoms. The van der Waals surface area contributed by atoms with Gasteiger partial charge in [0, 0.05) is 33.2 Å². The predicted molar refractivity (Wildman–Crippen MR) is 101 cm³/mol. The van der Waals surface area contributed by atoms with Gasteiger partial charge >= 0.3 is 0 Å². The molecule has 0 radical (unpaired) electrons. The fourth-order valence-electron chi connectivity index (χ4n) is 3.94. The van der Waals surface area contributed by atoms with Crippen molar-refractivity contribution in [3.8, 4) is 0 Å². The van der Waals surface area contributed by atoms with Crippen molar-refractivity contribution in [2.24, 2.45) is 5.92 Å². The van der Waals surface area contributed by atoms with Gasteiger partial charge in [-0.05, 0) is 43.6 Å². The summed E-state index contributed by atoms with van der Waals surface area (Å²) in [5, 5.41) is 0. The van der Waals surface area contributed by atoms with Gasteiger partial charge in [0.2, 0.25) is 11.8 Å². The summed E-state index contributed by atoms with van der Waals surface area (Å²) in [6.07, 6.45) is 5.26. The fraction of sp³-hybridized carbons (Fsp3) is 0.619. The highest BCUT2D eigenvalue weighted by molar-refractivity contribution is 5.83. The van der Waals surface area contributed by atoms with Crippen LogP contribution in [0.1, 0.15) is 38.2 Å². The van der Waals surface area contributed by atoms with Crippen LogP contribution in [-0.2, 0) is 20.7 Å². The molecule has 0 saturated carbocycles. The van der Waals surface area contributed by atoms with Crippen LogP contribution in [0.25, 0.3) is 0 Å². The molecule has 2 saturated heterocycles. The van der Waals surface area contributed by atoms with E-state index in [0.717, 1.165) is 51.8 Å². The number of hydrogen-bond donors (Lipinski definition) is 0. The van der Waals surface area contributed by atoms with Crippen LogP contribution in [-0.4, -0.2) is 60.5 Å². The molecule has 2 amide bonds. The van der Waals surface area contributed by atoms with Gasteiger partial charge in [-0.1, -0.05) is 30.3 Å². The zero-order valence-corrected chi connectivity index (χ0v) is 15.7. The molecular formula is C21H30N2O3. The minimum Gasteiger partial charge on any atom is -0.376 e. The lowest BCUT2D eigenvalue weighted by Gasteiger charge is -2.34. The maximum absolute atomic E-state index is 12.6. The molecule has 2 heterocycles. The Balaban J connectivity index is 1.45. The lowest BCUT2D eigenvalue weighted by atomic mass is 9.90. The minimum atomic E-state index is -0.0483. The highest BCUT2D eigenvalue weighted by Crippen LogP contribution is 2.22. The van der Waals surface area contributed by atoms with Gasteiger partial charge in [-0.2, -0.15) is 0 Å². The molecule has 0 aliphatic carbocycles. The van der Waals surface area contributed by atoms with Gasteiger partial charge in [0.15, 0.2) is 0 Å². The van der Waals surface area contributed by atoms with E-state index in [-0.39, 0.29) is 24.5 Å². The maximum Gasteiger partial charge on any atom is 0.242 e. The van der Waals surface area contributed by atoms with E-state index in [1.165, 1.54) is 12.5 Å². The van der Waals surface area contributed by atoms with E-state index in [1.54, 1.807) is 4.90 Å². The number of carbonyl (C=O) groups excluding carboxylic acids is 2. The summed E-state index contributed by atoms with van der Waals surface area (Å²) in [7, 11) is 0. The summed E-state index contributed by atoms with van der Waals surface area (Å²) in [6, 6.07) is 10.6. The van der Waals surface area contributed by atoms with Gasteiger partial charge < -0.3 is 14.5 Å². The Morgan fingerprint density at radius 3 is 2.50 bits per heavy atom. The number of nitrogens with zero attached hydrogens (tertiary/aromatic N) is 2. The Hall–Kier alpha value is -1.88. The maximum atomic E-state index is 12.6. The van der Waals surface area contributed by atoms with Crippen molar-refractivity contribution in [1.82, 2.24) is 9.80 Å². The highest BCUT2D eigenvalue weighted by atomic mass is 16.5. The number of ether oxygens (including phenoxy) is 1. The molecule has 1 aromatic rings. The Morgan fingerprint density at radius 1 is 1.15 bits per heavy atom. The molecule has 2 aliphatic rings. The summed E-state index contributed by atoms with van der Waals surface area (Å²) >= 11 is 0. The first kappa shape index (κ1) is 18.9. The molecule has 3 rings (SSSR count). The number of piperidine rings is 1. The van der Waals surface area contributed by atoms with Crippen molar-refractivity contribution in [2.45, 2.75) is 45.1 Å². The zero-order chi connectivity index (χ0) is 18.4. The molecule has 1 atom stereocenters. The second-order valence-electron chi connectivity index (χ2n) is 7.55. The molecule has 2 fully saturated rings. The molecule has 5 nitrogen and oxygen atoms in total. The molecule has 26 heavy (non-hydrogen) atoms. The van der Waals surface area contributed by atoms with E-state index < -0.39 is 0 Å². The Morgan fingerprint density at radius 2 is 1.88 bits per heavy atom. The van der Waals surface area contributed by atoms with Gasteiger partial charge in [0.1, 0.15) is 0 Å². The van der Waals surface area contributed by atoms with E-state index in [9.17, 15) is 9.59 Å². The Bertz CT molecular complexity index is 591. The Labute approximate surface area is 156 Å². The summed E-state index contributed by atoms with van der Waals surface area (Å²) in [5.41, 5.74) is 1.37. The van der Waals surface area contributed by atoms with Gasteiger partial charge in [-0.15, -0.1) is 0 Å². The summed E-state index contributed by atoms with van der Waals surface area (Å²) in [4.78, 5) is 28.1. The van der Waals surface area contributed by atoms with Crippen molar-refractivity contribution >= 4 is 11.8 Å². The molecule has 2 aliphatic heterocycles. The summed E-state index contributed by atoms with van der Waals surface area (Å²) in [6.45, 7) is 4.60. The SMILES string of the molecule is CC(=O)N(CC(=O)N1CCC(Cc2ccccc2)CC1)CC1CCCO1. The quantitative estimate of drug-likeness (QED) is 0.785. The second-order valence-corrected chi connectivity index (χ2v) is 7.55. The third-order valence-electron chi connectivity index (χ3n) is 5.55. The van der Waals surface area contributed by atoms with E-state index >= 15 is 0 Å². The number of hydrogen-bond acceptors (Lipinski definition) is 3. The number of likely N-dealkylation sites (tertiary alicyclic amines) is 1. The average Bonchev–Trinajstić information content (AvgIpc) is 3.15. The molecule has 1 unspecified atom stereocenters. The summed E-state index contributed by atoms with van der Waals surface area (Å²) < 4.78 is 5.61. The van der Waals surface area contributed by atoms with Crippen LogP contribution in [0.3, 0.4) is 0 Å². The first-order valence-corrected chi connectivity index (χ1v) is 9.80. The molecule has 142 valence electrons. The van der Waals surface area contributed by atoms with Crippen molar-refractivity contribution < 1.29 is 14.3 Å². The summed E-state index contributed by atoms with van der Waals surface area (Å²) in [5.74, 6) is 0.654. The molecule has 0 spiro atoms. The van der Waals surface area contributed by atoms with Crippen molar-refractivity contribution in [1.29, 1.82) is 0 Å². The van der Waals surface area contributed by atoms with Crippen LogP contribution >= 0.6 is 0 Å². The van der Waals surface area contributed by atoms with Gasteiger partial charge in [0.05, 0.1) is 12.6 Å². The minimum absolute atomic E-state index is 0.0483. The number of rotatable bonds is 6. The molecule has 1 aromatic carbocycles. The monoisotopic (exact) mass is 358 g/mol. The van der Waals surface area contributed by atoms with Crippen LogP contribution < -0.4 is 0 Å². The molecule has 0 N–H and O–H groups in total. The molecule has 5 heteroatoms. The lowest BCUT2D eigenvalue weighted by molar-refractivity contribution is -0.141. The van der Waals surface area contributed by atoms with E-state index in [2.05, 4.69) is 24.3 Å². The smallest absolute Gasteiger partial charge is 0.242 e. The van der Waals surface area contributed by atoms with Crippen molar-refractivity contribution in [3.05, 3.63) is 35.9 Å². The van der Waals surface area contributed by atoms with E-state index in [4.69, 9.17) is 4.74 Å². The first-order valence-electron chi connectivity index (χ1n) is 9.80. The van der Waals surface area contributed by atoms with Crippen LogP contribution in [0.4, 0.5) is 0 Å². The average molecular weight is 358 g/mol. The molecular weight excluding hydrogens is 328 g/mol. The Kier molecular flexibility index (Phi) is 6.67. The van der Waals surface area contributed by atoms with Crippen molar-refractivity contribution in [2.75, 3.05) is 32.8 Å². The number of carbonyl (C=O) groups is 2. The van der Waals surface area contributed by atoms with Gasteiger partial charge in [0.25, 0.3) is 0 Å². The number of benzene rings is 1. The van der Waals surface area contributed by atoms with E-state index in [1.807, 2.05) is 11.0 Å². The van der Waals surface area contributed by atoms with Gasteiger partial charge in [-0.25, -0.2) is 0 Å². The standard InChI is InChI=1S/C21H30N2O3/c1-17(24)23(15-20-8-5-13-26-20)16-21(25)22-11-9-19(10-12-22)14-18-6-3-2-4-7-18/h2-4,6-7,19-20H,5,8-16H2,1H3. The topological polar surface area (TPSA) is 49.9 Å². The first-order chi connectivity index (χ1) is 12.6. The normalized spacial score (nSPS) is 21.0. The predicted octanol–water partition coefficient (Wildman–Crippen LogP) is 2.50. The second kappa shape index (κ2) is 9.17. The fourth-order valence-corrected chi connectivity index (χ4v) is 3.94. The third-order valence-corrected chi connectivity index (χ3v) is 5.55. The van der Waals surface area contributed by atoms with E-state index in [0.29, 0.717) is 12.5 Å². The van der Waals surface area contributed by atoms with Crippen LogP contribution in [0.2, 0.25) is 0 Å².